The summed E-state index contributed by atoms with van der Waals surface area (Å²) in [6.45, 7) is 0. The molecule has 0 amide bonds. The molecule has 0 aromatic heterocycles. The summed E-state index contributed by atoms with van der Waals surface area (Å²) in [5.74, 6) is -83.4. The monoisotopic (exact) mass is 900 g/mol. The Morgan fingerprint density at radius 3 is 0.895 bits per heavy atom. The van der Waals surface area contributed by atoms with Crippen molar-refractivity contribution in [1.82, 2.24) is 0 Å². The third-order valence-corrected chi connectivity index (χ3v) is 8.15. The third kappa shape index (κ3) is 6.87. The normalized spacial score (nSPS) is 15.3. The SMILES string of the molecule is FC(F)(F)C(F)(F)C(F)(F)C(F)(F)C(F)(F)C(F)(F)c1cc(-c2cccc(-c3ccc(Cl)cc3)c2)cc(C(F)(F)C(F)(F)C(F)(F)C(F)(F)C(F)(F)C(F)(F)F)c1. The fourth-order valence-electron chi connectivity index (χ4n) is 4.58. The summed E-state index contributed by atoms with van der Waals surface area (Å²) in [6, 6.07) is 3.58. The molecule has 0 aliphatic carbocycles. The van der Waals surface area contributed by atoms with E-state index >= 15 is 17.6 Å². The first kappa shape index (κ1) is 47.5. The third-order valence-electron chi connectivity index (χ3n) is 7.90. The molecule has 0 radical (unpaired) electrons. The van der Waals surface area contributed by atoms with E-state index in [4.69, 9.17) is 11.6 Å². The summed E-state index contributed by atoms with van der Waals surface area (Å²) < 4.78 is 361. The minimum atomic E-state index is -8.68. The van der Waals surface area contributed by atoms with Crippen LogP contribution in [0.2, 0.25) is 5.02 Å². The maximum absolute atomic E-state index is 15.3. The van der Waals surface area contributed by atoms with Crippen LogP contribution in [0.25, 0.3) is 22.3 Å². The topological polar surface area (TPSA) is 0 Å². The molecule has 0 aliphatic rings. The second kappa shape index (κ2) is 13.6. The number of halogens is 27. The lowest BCUT2D eigenvalue weighted by Gasteiger charge is -2.41. The molecule has 320 valence electrons. The van der Waals surface area contributed by atoms with Crippen molar-refractivity contribution in [2.45, 2.75) is 71.6 Å². The van der Waals surface area contributed by atoms with Crippen molar-refractivity contribution in [2.24, 2.45) is 0 Å². The minimum Gasteiger partial charge on any atom is -0.194 e. The van der Waals surface area contributed by atoms with Crippen LogP contribution in [-0.2, 0) is 11.8 Å². The van der Waals surface area contributed by atoms with Gasteiger partial charge in [0.15, 0.2) is 0 Å². The van der Waals surface area contributed by atoms with Gasteiger partial charge in [-0.2, -0.15) is 114 Å². The molecular formula is C30H11ClF26. The summed E-state index contributed by atoms with van der Waals surface area (Å²) in [5, 5.41) is 0.00400. The largest absolute Gasteiger partial charge is 0.460 e. The van der Waals surface area contributed by atoms with Crippen molar-refractivity contribution >= 4 is 11.6 Å². The average Bonchev–Trinajstić information content (AvgIpc) is 3.06. The van der Waals surface area contributed by atoms with E-state index in [1.165, 1.54) is 0 Å². The van der Waals surface area contributed by atoms with Crippen molar-refractivity contribution in [3.8, 4) is 22.3 Å². The summed E-state index contributed by atoms with van der Waals surface area (Å²) in [4.78, 5) is 0. The summed E-state index contributed by atoms with van der Waals surface area (Å²) in [7, 11) is 0. The summed E-state index contributed by atoms with van der Waals surface area (Å²) >= 11 is 5.68. The Hall–Kier alpha value is -3.87. The zero-order valence-electron chi connectivity index (χ0n) is 26.1. The minimum absolute atomic E-state index is 0.00400. The van der Waals surface area contributed by atoms with Gasteiger partial charge < -0.3 is 0 Å². The molecule has 0 aliphatic heterocycles. The molecule has 0 fully saturated rings. The maximum atomic E-state index is 15.3. The van der Waals surface area contributed by atoms with Crippen LogP contribution >= 0.6 is 11.6 Å². The maximum Gasteiger partial charge on any atom is 0.460 e. The highest BCUT2D eigenvalue weighted by Gasteiger charge is 2.92. The second-order valence-electron chi connectivity index (χ2n) is 11.6. The Morgan fingerprint density at radius 2 is 0.579 bits per heavy atom. The van der Waals surface area contributed by atoms with Gasteiger partial charge >= 0.3 is 71.6 Å². The van der Waals surface area contributed by atoms with Gasteiger partial charge in [0.2, 0.25) is 0 Å². The van der Waals surface area contributed by atoms with Crippen LogP contribution in [-0.4, -0.2) is 59.7 Å². The molecule has 0 saturated carbocycles. The molecule has 0 heterocycles. The molecule has 27 heteroatoms. The first-order valence-electron chi connectivity index (χ1n) is 14.0. The number of alkyl halides is 26. The van der Waals surface area contributed by atoms with Gasteiger partial charge in [-0.05, 0) is 58.7 Å². The summed E-state index contributed by atoms with van der Waals surface area (Å²) in [6.07, 6.45) is -15.9. The molecule has 3 aromatic rings. The van der Waals surface area contributed by atoms with E-state index in [0.717, 1.165) is 36.4 Å². The predicted molar refractivity (Wildman–Crippen MR) is 142 cm³/mol. The highest BCUT2D eigenvalue weighted by molar-refractivity contribution is 6.30. The van der Waals surface area contributed by atoms with Gasteiger partial charge in [-0.25, -0.2) is 0 Å². The van der Waals surface area contributed by atoms with Gasteiger partial charge in [-0.3, -0.25) is 0 Å². The van der Waals surface area contributed by atoms with Crippen molar-refractivity contribution in [2.75, 3.05) is 0 Å². The van der Waals surface area contributed by atoms with E-state index < -0.39 is 112 Å². The smallest absolute Gasteiger partial charge is 0.194 e. The van der Waals surface area contributed by atoms with Gasteiger partial charge in [-0.15, -0.1) is 0 Å². The second-order valence-corrected chi connectivity index (χ2v) is 12.1. The molecule has 0 N–H and O–H groups in total. The lowest BCUT2D eigenvalue weighted by atomic mass is 9.85. The predicted octanol–water partition coefficient (Wildman–Crippen LogP) is 14.1. The lowest BCUT2D eigenvalue weighted by molar-refractivity contribution is -0.442. The number of rotatable bonds is 12. The first-order chi connectivity index (χ1) is 25.0. The van der Waals surface area contributed by atoms with Crippen molar-refractivity contribution in [1.29, 1.82) is 0 Å². The van der Waals surface area contributed by atoms with E-state index in [9.17, 15) is 96.6 Å². The van der Waals surface area contributed by atoms with E-state index in [-0.39, 0.29) is 16.1 Å². The number of hydrogen-bond acceptors (Lipinski definition) is 0. The average molecular weight is 901 g/mol. The van der Waals surface area contributed by atoms with Crippen molar-refractivity contribution in [3.63, 3.8) is 0 Å². The van der Waals surface area contributed by atoms with E-state index in [2.05, 4.69) is 0 Å². The highest BCUT2D eigenvalue weighted by Crippen LogP contribution is 2.65. The quantitative estimate of drug-likeness (QED) is 0.159. The van der Waals surface area contributed by atoms with Gasteiger partial charge in [0.25, 0.3) is 0 Å². The van der Waals surface area contributed by atoms with Crippen LogP contribution < -0.4 is 0 Å². The van der Waals surface area contributed by atoms with E-state index in [1.807, 2.05) is 0 Å². The van der Waals surface area contributed by atoms with E-state index in [0.29, 0.717) is 12.1 Å². The number of hydrogen-bond donors (Lipinski definition) is 0. The molecule has 0 unspecified atom stereocenters. The van der Waals surface area contributed by atoms with Gasteiger partial charge in [0, 0.05) is 16.1 Å². The van der Waals surface area contributed by atoms with E-state index in [1.54, 1.807) is 0 Å². The number of benzene rings is 3. The lowest BCUT2D eigenvalue weighted by Crippen LogP contribution is -2.69. The fraction of sp³-hybridized carbons (Fsp3) is 0.400. The Morgan fingerprint density at radius 1 is 0.281 bits per heavy atom. The van der Waals surface area contributed by atoms with Gasteiger partial charge in [0.1, 0.15) is 0 Å². The first-order valence-corrected chi connectivity index (χ1v) is 14.4. The molecule has 3 aromatic carbocycles. The Balaban J connectivity index is 2.46. The van der Waals surface area contributed by atoms with Crippen molar-refractivity contribution in [3.05, 3.63) is 82.9 Å². The molecule has 0 bridgehead atoms. The Kier molecular flexibility index (Phi) is 11.3. The zero-order chi connectivity index (χ0) is 44.8. The zero-order valence-corrected chi connectivity index (χ0v) is 26.8. The van der Waals surface area contributed by atoms with Crippen LogP contribution in [0.4, 0.5) is 114 Å². The molecule has 3 rings (SSSR count). The molecule has 0 saturated heterocycles. The summed E-state index contributed by atoms with van der Waals surface area (Å²) in [5.41, 5.74) is -10.5. The highest BCUT2D eigenvalue weighted by atomic mass is 35.5. The fourth-order valence-corrected chi connectivity index (χ4v) is 4.71. The van der Waals surface area contributed by atoms with Crippen LogP contribution in [0.3, 0.4) is 0 Å². The molecule has 0 nitrogen and oxygen atoms in total. The Bertz CT molecular complexity index is 1840. The van der Waals surface area contributed by atoms with Crippen LogP contribution in [0.15, 0.2) is 66.7 Å². The van der Waals surface area contributed by atoms with Crippen LogP contribution in [0, 0.1) is 0 Å². The van der Waals surface area contributed by atoms with Crippen LogP contribution in [0.1, 0.15) is 11.1 Å². The van der Waals surface area contributed by atoms with Crippen LogP contribution in [0.5, 0.6) is 0 Å². The van der Waals surface area contributed by atoms with Gasteiger partial charge in [0.05, 0.1) is 0 Å². The molecule has 0 spiro atoms. The Labute approximate surface area is 303 Å². The van der Waals surface area contributed by atoms with Gasteiger partial charge in [-0.1, -0.05) is 41.9 Å². The molecule has 0 atom stereocenters. The van der Waals surface area contributed by atoms with Crippen molar-refractivity contribution < 1.29 is 114 Å². The molecule has 57 heavy (non-hydrogen) atoms. The standard InChI is InChI=1S/C30H11ClF26/c31-18-6-4-12(5-7-18)13-2-1-3-14(8-13)15-9-16(19(32,33)21(36,37)23(40,41)25(44,45)27(48,49)29(52,53)54)11-17(10-15)20(34,35)22(38,39)24(42,43)26(46,47)28(50,51)30(55,56)57/h1-11H. The molecular weight excluding hydrogens is 890 g/mol.